The van der Waals surface area contributed by atoms with Crippen molar-refractivity contribution in [2.45, 2.75) is 0 Å². The van der Waals surface area contributed by atoms with E-state index in [-0.39, 0.29) is 11.5 Å². The van der Waals surface area contributed by atoms with Gasteiger partial charge in [-0.05, 0) is 12.1 Å². The maximum Gasteiger partial charge on any atom is 0.128 e. The maximum absolute atomic E-state index is 9.56. The average molecular weight is 272 g/mol. The van der Waals surface area contributed by atoms with Gasteiger partial charge in [-0.2, -0.15) is 5.10 Å². The number of hydrogen-bond acceptors (Lipinski definition) is 4. The predicted octanol–water partition coefficient (Wildman–Crippen LogP) is 2.40. The Morgan fingerprint density at radius 1 is 1.11 bits per heavy atom. The molecule has 0 saturated heterocycles. The molecule has 0 amide bonds. The molecule has 2 aromatic rings. The van der Waals surface area contributed by atoms with Crippen LogP contribution in [-0.4, -0.2) is 21.4 Å². The van der Waals surface area contributed by atoms with Crippen LogP contribution in [0.5, 0.6) is 11.5 Å². The van der Waals surface area contributed by atoms with Crippen LogP contribution in [0.4, 0.5) is 0 Å². The number of hydrazone groups is 1. The van der Waals surface area contributed by atoms with Gasteiger partial charge in [0, 0.05) is 17.2 Å². The van der Waals surface area contributed by atoms with Crippen molar-refractivity contribution in [1.82, 2.24) is 5.43 Å². The first-order chi connectivity index (χ1) is 9.16. The normalized spacial score (nSPS) is 10.5. The zero-order valence-electron chi connectivity index (χ0n) is 9.95. The van der Waals surface area contributed by atoms with Crippen LogP contribution in [0.1, 0.15) is 11.1 Å². The van der Waals surface area contributed by atoms with Crippen molar-refractivity contribution in [3.8, 4) is 11.5 Å². The molecule has 2 rings (SSSR count). The summed E-state index contributed by atoms with van der Waals surface area (Å²) in [6, 6.07) is 13.7. The van der Waals surface area contributed by atoms with Gasteiger partial charge < -0.3 is 10.2 Å². The minimum Gasteiger partial charge on any atom is -0.508 e. The number of nitrogens with zero attached hydrogens (tertiary/aromatic N) is 1. The van der Waals surface area contributed by atoms with Gasteiger partial charge in [0.25, 0.3) is 0 Å². The molecule has 0 aliphatic heterocycles. The molecule has 0 atom stereocenters. The van der Waals surface area contributed by atoms with Gasteiger partial charge >= 0.3 is 0 Å². The second-order valence-corrected chi connectivity index (χ2v) is 4.22. The van der Waals surface area contributed by atoms with Crippen LogP contribution in [0.15, 0.2) is 53.6 Å². The Morgan fingerprint density at radius 3 is 2.53 bits per heavy atom. The van der Waals surface area contributed by atoms with E-state index in [9.17, 15) is 5.11 Å². The highest BCUT2D eigenvalue weighted by atomic mass is 32.1. The number of thiocarbonyl (C=S) groups is 1. The number of phenols is 2. The fourth-order valence-electron chi connectivity index (χ4n) is 1.46. The van der Waals surface area contributed by atoms with Crippen molar-refractivity contribution in [3.05, 3.63) is 59.7 Å². The molecular formula is C14H12N2O2S. The lowest BCUT2D eigenvalue weighted by Gasteiger charge is -2.03. The molecular weight excluding hydrogens is 260 g/mol. The van der Waals surface area contributed by atoms with Crippen LogP contribution >= 0.6 is 12.2 Å². The van der Waals surface area contributed by atoms with Gasteiger partial charge in [-0.15, -0.1) is 0 Å². The van der Waals surface area contributed by atoms with Gasteiger partial charge in [0.1, 0.15) is 16.5 Å². The SMILES string of the molecule is Oc1ccc(/C=N\NC(=S)c2ccccc2)c(O)c1. The molecule has 2 aromatic carbocycles. The van der Waals surface area contributed by atoms with Crippen LogP contribution in [0, 0.1) is 0 Å². The molecule has 5 heteroatoms. The standard InChI is InChI=1S/C14H12N2O2S/c17-12-7-6-11(13(18)8-12)9-15-16-14(19)10-4-2-1-3-5-10/h1-9,17-18H,(H,16,19)/b15-9-. The van der Waals surface area contributed by atoms with E-state index in [0.29, 0.717) is 10.6 Å². The molecule has 96 valence electrons. The van der Waals surface area contributed by atoms with E-state index in [1.165, 1.54) is 18.3 Å². The van der Waals surface area contributed by atoms with Crippen LogP contribution in [0.25, 0.3) is 0 Å². The number of hydrogen-bond donors (Lipinski definition) is 3. The monoisotopic (exact) mass is 272 g/mol. The topological polar surface area (TPSA) is 64.9 Å². The highest BCUT2D eigenvalue weighted by Gasteiger charge is 2.00. The molecule has 0 radical (unpaired) electrons. The zero-order chi connectivity index (χ0) is 13.7. The molecule has 3 N–H and O–H groups in total. The minimum absolute atomic E-state index is 0.00224. The summed E-state index contributed by atoms with van der Waals surface area (Å²) in [6.07, 6.45) is 1.43. The molecule has 0 spiro atoms. The van der Waals surface area contributed by atoms with Crippen molar-refractivity contribution in [3.63, 3.8) is 0 Å². The number of rotatable bonds is 3. The highest BCUT2D eigenvalue weighted by Crippen LogP contribution is 2.20. The molecule has 4 nitrogen and oxygen atoms in total. The highest BCUT2D eigenvalue weighted by molar-refractivity contribution is 7.80. The van der Waals surface area contributed by atoms with Gasteiger partial charge in [0.15, 0.2) is 0 Å². The van der Waals surface area contributed by atoms with Crippen LogP contribution in [0.2, 0.25) is 0 Å². The van der Waals surface area contributed by atoms with E-state index in [1.54, 1.807) is 6.07 Å². The molecule has 0 saturated carbocycles. The fraction of sp³-hybridized carbons (Fsp3) is 0. The Kier molecular flexibility index (Phi) is 4.10. The van der Waals surface area contributed by atoms with Crippen molar-refractivity contribution >= 4 is 23.4 Å². The van der Waals surface area contributed by atoms with E-state index in [2.05, 4.69) is 10.5 Å². The summed E-state index contributed by atoms with van der Waals surface area (Å²) in [5, 5.41) is 22.7. The molecule has 0 heterocycles. The first-order valence-electron chi connectivity index (χ1n) is 5.57. The summed E-state index contributed by atoms with van der Waals surface area (Å²) in [4.78, 5) is 0.495. The van der Waals surface area contributed by atoms with Crippen molar-refractivity contribution in [2.75, 3.05) is 0 Å². The Labute approximate surface area is 116 Å². The van der Waals surface area contributed by atoms with Gasteiger partial charge in [-0.1, -0.05) is 42.5 Å². The third-order valence-electron chi connectivity index (χ3n) is 2.42. The van der Waals surface area contributed by atoms with E-state index in [1.807, 2.05) is 30.3 Å². The van der Waals surface area contributed by atoms with E-state index in [0.717, 1.165) is 5.56 Å². The summed E-state index contributed by atoms with van der Waals surface area (Å²) in [6.45, 7) is 0. The molecule has 0 unspecified atom stereocenters. The largest absolute Gasteiger partial charge is 0.508 e. The predicted molar refractivity (Wildman–Crippen MR) is 78.6 cm³/mol. The first kappa shape index (κ1) is 13.0. The summed E-state index contributed by atoms with van der Waals surface area (Å²) >= 11 is 5.16. The quantitative estimate of drug-likeness (QED) is 0.456. The van der Waals surface area contributed by atoms with E-state index in [4.69, 9.17) is 17.3 Å². The number of phenolic OH excluding ortho intramolecular Hbond substituents is 2. The van der Waals surface area contributed by atoms with Crippen molar-refractivity contribution < 1.29 is 10.2 Å². The molecule has 0 aliphatic rings. The summed E-state index contributed by atoms with van der Waals surface area (Å²) < 4.78 is 0. The molecule has 0 fully saturated rings. The number of nitrogens with one attached hydrogen (secondary N) is 1. The molecule has 19 heavy (non-hydrogen) atoms. The Bertz CT molecular complexity index is 612. The van der Waals surface area contributed by atoms with E-state index >= 15 is 0 Å². The summed E-state index contributed by atoms with van der Waals surface area (Å²) in [7, 11) is 0. The second kappa shape index (κ2) is 5.97. The second-order valence-electron chi connectivity index (χ2n) is 3.81. The van der Waals surface area contributed by atoms with Crippen molar-refractivity contribution in [1.29, 1.82) is 0 Å². The summed E-state index contributed by atoms with van der Waals surface area (Å²) in [5.74, 6) is -0.0430. The molecule has 0 aliphatic carbocycles. The van der Waals surface area contributed by atoms with Crippen LogP contribution in [-0.2, 0) is 0 Å². The minimum atomic E-state index is -0.0452. The third kappa shape index (κ3) is 3.53. The Hall–Kier alpha value is -2.40. The third-order valence-corrected chi connectivity index (χ3v) is 2.75. The number of benzene rings is 2. The van der Waals surface area contributed by atoms with Gasteiger partial charge in [-0.25, -0.2) is 0 Å². The number of aromatic hydroxyl groups is 2. The summed E-state index contributed by atoms with van der Waals surface area (Å²) in [5.41, 5.74) is 4.07. The average Bonchev–Trinajstić information content (AvgIpc) is 2.42. The lowest BCUT2D eigenvalue weighted by atomic mass is 10.2. The Morgan fingerprint density at radius 2 is 1.84 bits per heavy atom. The van der Waals surface area contributed by atoms with E-state index < -0.39 is 0 Å². The van der Waals surface area contributed by atoms with Crippen molar-refractivity contribution in [2.24, 2.45) is 5.10 Å². The van der Waals surface area contributed by atoms with Gasteiger partial charge in [0.2, 0.25) is 0 Å². The van der Waals surface area contributed by atoms with Crippen LogP contribution < -0.4 is 5.43 Å². The lowest BCUT2D eigenvalue weighted by molar-refractivity contribution is 0.450. The van der Waals surface area contributed by atoms with Crippen LogP contribution in [0.3, 0.4) is 0 Å². The Balaban J connectivity index is 2.02. The van der Waals surface area contributed by atoms with Gasteiger partial charge in [-0.3, -0.25) is 5.43 Å². The smallest absolute Gasteiger partial charge is 0.128 e. The fourth-order valence-corrected chi connectivity index (χ4v) is 1.64. The maximum atomic E-state index is 9.56. The molecule has 0 aromatic heterocycles. The first-order valence-corrected chi connectivity index (χ1v) is 5.98. The van der Waals surface area contributed by atoms with Gasteiger partial charge in [0.05, 0.1) is 6.21 Å². The lowest BCUT2D eigenvalue weighted by Crippen LogP contribution is -2.16. The zero-order valence-corrected chi connectivity index (χ0v) is 10.8. The molecule has 0 bridgehead atoms.